The number of hydrogen-bond donors (Lipinski definition) is 1. The van der Waals surface area contributed by atoms with Crippen LogP contribution >= 0.6 is 0 Å². The number of anilines is 2. The molecule has 4 aliphatic rings. The van der Waals surface area contributed by atoms with E-state index in [0.717, 1.165) is 17.4 Å². The van der Waals surface area contributed by atoms with E-state index in [-0.39, 0.29) is 17.1 Å². The number of rotatable bonds is 3. The summed E-state index contributed by atoms with van der Waals surface area (Å²) in [4.78, 5) is 54.8. The van der Waals surface area contributed by atoms with E-state index in [1.807, 2.05) is 4.90 Å². The molecule has 2 aromatic rings. The third-order valence-electron chi connectivity index (χ3n) is 7.57. The minimum absolute atomic E-state index is 0.0429. The number of methoxy groups -OCH3 is 1. The van der Waals surface area contributed by atoms with Gasteiger partial charge in [-0.25, -0.2) is 9.29 Å². The van der Waals surface area contributed by atoms with E-state index in [2.05, 4.69) is 5.32 Å². The second-order valence-electron chi connectivity index (χ2n) is 8.94. The molecule has 0 aliphatic carbocycles. The highest BCUT2D eigenvalue weighted by atomic mass is 19.1. The lowest BCUT2D eigenvalue weighted by atomic mass is 9.75. The number of nitrogens with zero attached hydrogens (tertiary/aromatic N) is 3. The smallest absolute Gasteiger partial charge is 0.271 e. The molecule has 4 aliphatic heterocycles. The molecule has 1 N–H and O–H groups in total. The SMILES string of the molecule is COc1ccc([N+](=O)[O-])cc1N1C(=O)[C@H]2[C@H]3CCCN3[C@@]3(C(=O)Nc4ccc(F)cc43)[C@@H]2C1=O. The zero-order valence-corrected chi connectivity index (χ0v) is 18.0. The van der Waals surface area contributed by atoms with E-state index >= 15 is 0 Å². The van der Waals surface area contributed by atoms with Crippen molar-refractivity contribution in [3.63, 3.8) is 0 Å². The van der Waals surface area contributed by atoms with E-state index < -0.39 is 51.9 Å². The Kier molecular flexibility index (Phi) is 4.16. The van der Waals surface area contributed by atoms with Crippen LogP contribution in [0.2, 0.25) is 0 Å². The minimum Gasteiger partial charge on any atom is -0.495 e. The third-order valence-corrected chi connectivity index (χ3v) is 7.57. The van der Waals surface area contributed by atoms with Crippen LogP contribution in [-0.2, 0) is 19.9 Å². The highest BCUT2D eigenvalue weighted by molar-refractivity contribution is 6.26. The monoisotopic (exact) mass is 466 g/mol. The molecule has 2 aromatic carbocycles. The molecule has 3 amide bonds. The molecule has 34 heavy (non-hydrogen) atoms. The Morgan fingerprint density at radius 2 is 1.97 bits per heavy atom. The fourth-order valence-corrected chi connectivity index (χ4v) is 6.38. The highest BCUT2D eigenvalue weighted by Crippen LogP contribution is 2.61. The van der Waals surface area contributed by atoms with Crippen molar-refractivity contribution in [1.29, 1.82) is 0 Å². The van der Waals surface area contributed by atoms with Crippen LogP contribution in [0.1, 0.15) is 18.4 Å². The fourth-order valence-electron chi connectivity index (χ4n) is 6.38. The van der Waals surface area contributed by atoms with Crippen molar-refractivity contribution >= 4 is 34.8 Å². The van der Waals surface area contributed by atoms with Crippen molar-refractivity contribution in [2.75, 3.05) is 23.9 Å². The molecule has 10 nitrogen and oxygen atoms in total. The standard InChI is InChI=1S/C23H19FN4O6/c1-34-17-7-5-12(28(32)33)10-16(17)27-20(29)18-15-3-2-8-26(15)23(19(18)21(27)30)13-9-11(24)4-6-14(13)25-22(23)31/h4-7,9-10,15,18-19H,2-3,8H2,1H3,(H,25,31)/t15-,18+,19+,23-/m1/s1. The van der Waals surface area contributed by atoms with Gasteiger partial charge in [0.2, 0.25) is 17.7 Å². The van der Waals surface area contributed by atoms with Crippen LogP contribution in [0, 0.1) is 27.8 Å². The number of imide groups is 1. The number of carbonyl (C=O) groups excluding carboxylic acids is 3. The molecule has 1 spiro atoms. The molecule has 3 saturated heterocycles. The number of carbonyl (C=O) groups is 3. The minimum atomic E-state index is -1.53. The van der Waals surface area contributed by atoms with Gasteiger partial charge in [-0.3, -0.25) is 29.4 Å². The lowest BCUT2D eigenvalue weighted by molar-refractivity contribution is -0.384. The molecule has 4 heterocycles. The maximum Gasteiger partial charge on any atom is 0.271 e. The molecule has 0 bridgehead atoms. The lowest BCUT2D eigenvalue weighted by Gasteiger charge is -2.36. The number of amides is 3. The van der Waals surface area contributed by atoms with Gasteiger partial charge in [-0.15, -0.1) is 0 Å². The highest BCUT2D eigenvalue weighted by Gasteiger charge is 2.74. The van der Waals surface area contributed by atoms with Gasteiger partial charge in [0.15, 0.2) is 0 Å². The normalized spacial score (nSPS) is 29.4. The van der Waals surface area contributed by atoms with Crippen molar-refractivity contribution in [3.05, 3.63) is 57.9 Å². The van der Waals surface area contributed by atoms with Gasteiger partial charge in [0.05, 0.1) is 23.9 Å². The van der Waals surface area contributed by atoms with Crippen LogP contribution in [0.15, 0.2) is 36.4 Å². The van der Waals surface area contributed by atoms with Crippen LogP contribution in [0.25, 0.3) is 0 Å². The number of benzene rings is 2. The third kappa shape index (κ3) is 2.34. The maximum atomic E-state index is 14.3. The molecule has 0 radical (unpaired) electrons. The summed E-state index contributed by atoms with van der Waals surface area (Å²) in [5, 5.41) is 14.1. The molecule has 174 valence electrons. The van der Waals surface area contributed by atoms with Crippen molar-refractivity contribution in [3.8, 4) is 5.75 Å². The van der Waals surface area contributed by atoms with Crippen LogP contribution < -0.4 is 15.0 Å². The fraction of sp³-hybridized carbons (Fsp3) is 0.348. The Morgan fingerprint density at radius 3 is 2.71 bits per heavy atom. The average Bonchev–Trinajstić information content (AvgIpc) is 3.52. The van der Waals surface area contributed by atoms with Crippen LogP contribution in [0.3, 0.4) is 0 Å². The number of nitro benzene ring substituents is 1. The zero-order chi connectivity index (χ0) is 23.9. The molecule has 11 heteroatoms. The average molecular weight is 466 g/mol. The Hall–Kier alpha value is -3.86. The predicted octanol–water partition coefficient (Wildman–Crippen LogP) is 2.17. The molecule has 4 atom stereocenters. The van der Waals surface area contributed by atoms with Gasteiger partial charge in [0, 0.05) is 29.4 Å². The first-order chi connectivity index (χ1) is 16.3. The summed E-state index contributed by atoms with van der Waals surface area (Å²) < 4.78 is 19.6. The van der Waals surface area contributed by atoms with Crippen molar-refractivity contribution in [1.82, 2.24) is 4.90 Å². The van der Waals surface area contributed by atoms with Gasteiger partial charge in [0.1, 0.15) is 22.8 Å². The number of ether oxygens (including phenoxy) is 1. The van der Waals surface area contributed by atoms with Gasteiger partial charge in [-0.1, -0.05) is 0 Å². The van der Waals surface area contributed by atoms with Crippen molar-refractivity contribution in [2.45, 2.75) is 24.4 Å². The molecular weight excluding hydrogens is 447 g/mol. The van der Waals surface area contributed by atoms with Gasteiger partial charge in [-0.2, -0.15) is 0 Å². The summed E-state index contributed by atoms with van der Waals surface area (Å²) in [5.41, 5.74) is -1.13. The summed E-state index contributed by atoms with van der Waals surface area (Å²) in [6, 6.07) is 7.21. The lowest BCUT2D eigenvalue weighted by Crippen LogP contribution is -2.54. The first kappa shape index (κ1) is 20.7. The number of nitrogens with one attached hydrogen (secondary N) is 1. The summed E-state index contributed by atoms with van der Waals surface area (Å²) in [6.07, 6.45) is 1.31. The predicted molar refractivity (Wildman–Crippen MR) is 116 cm³/mol. The first-order valence-electron chi connectivity index (χ1n) is 10.9. The summed E-state index contributed by atoms with van der Waals surface area (Å²) in [7, 11) is 1.33. The molecular formula is C23H19FN4O6. The van der Waals surface area contributed by atoms with E-state index in [4.69, 9.17) is 4.74 Å². The van der Waals surface area contributed by atoms with E-state index in [0.29, 0.717) is 24.2 Å². The number of nitro groups is 1. The van der Waals surface area contributed by atoms with Crippen LogP contribution in [0.4, 0.5) is 21.5 Å². The zero-order valence-electron chi connectivity index (χ0n) is 18.0. The topological polar surface area (TPSA) is 122 Å². The molecule has 0 saturated carbocycles. The second-order valence-corrected chi connectivity index (χ2v) is 8.94. The van der Waals surface area contributed by atoms with Gasteiger partial charge in [-0.05, 0) is 43.7 Å². The first-order valence-corrected chi connectivity index (χ1v) is 10.9. The Balaban J connectivity index is 1.56. The molecule has 6 rings (SSSR count). The van der Waals surface area contributed by atoms with E-state index in [9.17, 15) is 28.9 Å². The van der Waals surface area contributed by atoms with E-state index in [1.165, 1.54) is 37.4 Å². The number of fused-ring (bicyclic) bond motifs is 7. The largest absolute Gasteiger partial charge is 0.495 e. The van der Waals surface area contributed by atoms with Crippen molar-refractivity contribution in [2.24, 2.45) is 11.8 Å². The summed E-state index contributed by atoms with van der Waals surface area (Å²) in [6.45, 7) is 0.488. The molecule has 3 fully saturated rings. The second kappa shape index (κ2) is 6.83. The van der Waals surface area contributed by atoms with E-state index in [1.54, 1.807) is 0 Å². The van der Waals surface area contributed by atoms with Gasteiger partial charge in [0.25, 0.3) is 5.69 Å². The number of hydrogen-bond acceptors (Lipinski definition) is 7. The Morgan fingerprint density at radius 1 is 1.18 bits per heavy atom. The Labute approximate surface area is 192 Å². The summed E-state index contributed by atoms with van der Waals surface area (Å²) in [5.74, 6) is -4.05. The number of halogens is 1. The molecule has 0 unspecified atom stereocenters. The van der Waals surface area contributed by atoms with Crippen LogP contribution in [-0.4, -0.2) is 47.2 Å². The Bertz CT molecular complexity index is 1310. The van der Waals surface area contributed by atoms with Gasteiger partial charge < -0.3 is 10.1 Å². The van der Waals surface area contributed by atoms with Crippen LogP contribution in [0.5, 0.6) is 5.75 Å². The molecule has 0 aromatic heterocycles. The van der Waals surface area contributed by atoms with Gasteiger partial charge >= 0.3 is 0 Å². The van der Waals surface area contributed by atoms with Crippen molar-refractivity contribution < 1.29 is 28.4 Å². The summed E-state index contributed by atoms with van der Waals surface area (Å²) >= 11 is 0. The number of non-ortho nitro benzene ring substituents is 1. The quantitative estimate of drug-likeness (QED) is 0.418. The maximum absolute atomic E-state index is 14.3.